The molecule has 0 radical (unpaired) electrons. The first-order valence-corrected chi connectivity index (χ1v) is 6.11. The lowest BCUT2D eigenvalue weighted by molar-refractivity contribution is -0.121. The molecule has 1 saturated heterocycles. The minimum absolute atomic E-state index is 0.0678. The monoisotopic (exact) mass is 270 g/mol. The molecule has 19 heavy (non-hydrogen) atoms. The summed E-state index contributed by atoms with van der Waals surface area (Å²) >= 11 is 0. The van der Waals surface area contributed by atoms with Gasteiger partial charge in [-0.15, -0.1) is 0 Å². The van der Waals surface area contributed by atoms with Gasteiger partial charge >= 0.3 is 6.61 Å². The fourth-order valence-corrected chi connectivity index (χ4v) is 2.08. The summed E-state index contributed by atoms with van der Waals surface area (Å²) in [5.74, 6) is -0.0502. The third kappa shape index (κ3) is 3.41. The number of carbonyl (C=O) groups is 1. The molecule has 1 aromatic carbocycles. The third-order valence-corrected chi connectivity index (χ3v) is 3.21. The summed E-state index contributed by atoms with van der Waals surface area (Å²) in [4.78, 5) is 12.1. The number of carbonyl (C=O) groups excluding carboxylic acids is 1. The predicted octanol–water partition coefficient (Wildman–Crippen LogP) is 2.37. The quantitative estimate of drug-likeness (QED) is 0.883. The molecule has 1 fully saturated rings. The van der Waals surface area contributed by atoms with Gasteiger partial charge in [-0.1, -0.05) is 0 Å². The first-order chi connectivity index (χ1) is 8.99. The number of hydrogen-bond acceptors (Lipinski definition) is 3. The molecular weight excluding hydrogens is 254 g/mol. The zero-order valence-electron chi connectivity index (χ0n) is 10.6. The molecule has 0 spiro atoms. The topological polar surface area (TPSA) is 50.4 Å². The van der Waals surface area contributed by atoms with E-state index >= 15 is 0 Å². The van der Waals surface area contributed by atoms with Crippen molar-refractivity contribution < 1.29 is 18.3 Å². The molecule has 1 atom stereocenters. The van der Waals surface area contributed by atoms with Crippen molar-refractivity contribution in [1.29, 1.82) is 0 Å². The molecule has 1 aromatic rings. The molecule has 0 aliphatic carbocycles. The van der Waals surface area contributed by atoms with E-state index in [9.17, 15) is 13.6 Å². The Morgan fingerprint density at radius 3 is 2.63 bits per heavy atom. The number of anilines is 1. The van der Waals surface area contributed by atoms with Gasteiger partial charge in [0, 0.05) is 5.69 Å². The SMILES string of the molecule is CC1(C(=O)Nc2ccc(OC(F)F)cc2)CCCN1. The van der Waals surface area contributed by atoms with Gasteiger partial charge in [-0.2, -0.15) is 8.78 Å². The number of nitrogens with one attached hydrogen (secondary N) is 2. The minimum atomic E-state index is -2.85. The molecule has 1 amide bonds. The second-order valence-corrected chi connectivity index (χ2v) is 4.72. The average Bonchev–Trinajstić information content (AvgIpc) is 2.79. The number of amides is 1. The van der Waals surface area contributed by atoms with Crippen LogP contribution in [0.15, 0.2) is 24.3 Å². The van der Waals surface area contributed by atoms with E-state index < -0.39 is 12.2 Å². The maximum atomic E-state index is 12.1. The summed E-state index contributed by atoms with van der Waals surface area (Å²) in [6.07, 6.45) is 1.75. The van der Waals surface area contributed by atoms with Crippen molar-refractivity contribution in [3.05, 3.63) is 24.3 Å². The van der Waals surface area contributed by atoms with Crippen LogP contribution in [-0.2, 0) is 4.79 Å². The van der Waals surface area contributed by atoms with Crippen molar-refractivity contribution in [3.8, 4) is 5.75 Å². The highest BCUT2D eigenvalue weighted by Gasteiger charge is 2.35. The van der Waals surface area contributed by atoms with E-state index in [1.807, 2.05) is 6.92 Å². The molecule has 1 heterocycles. The van der Waals surface area contributed by atoms with Crippen LogP contribution >= 0.6 is 0 Å². The second-order valence-electron chi connectivity index (χ2n) is 4.72. The third-order valence-electron chi connectivity index (χ3n) is 3.21. The van der Waals surface area contributed by atoms with Crippen LogP contribution in [0.5, 0.6) is 5.75 Å². The van der Waals surface area contributed by atoms with Gasteiger partial charge in [-0.25, -0.2) is 0 Å². The number of rotatable bonds is 4. The highest BCUT2D eigenvalue weighted by molar-refractivity contribution is 5.98. The fourth-order valence-electron chi connectivity index (χ4n) is 2.08. The van der Waals surface area contributed by atoms with E-state index in [4.69, 9.17) is 0 Å². The Bertz CT molecular complexity index is 442. The zero-order valence-corrected chi connectivity index (χ0v) is 10.6. The Hall–Kier alpha value is -1.69. The van der Waals surface area contributed by atoms with Crippen LogP contribution < -0.4 is 15.4 Å². The number of hydrogen-bond donors (Lipinski definition) is 2. The van der Waals surface area contributed by atoms with Crippen LogP contribution in [0, 0.1) is 0 Å². The maximum Gasteiger partial charge on any atom is 0.387 e. The minimum Gasteiger partial charge on any atom is -0.435 e. The highest BCUT2D eigenvalue weighted by Crippen LogP contribution is 2.22. The van der Waals surface area contributed by atoms with Crippen molar-refractivity contribution >= 4 is 11.6 Å². The highest BCUT2D eigenvalue weighted by atomic mass is 19.3. The van der Waals surface area contributed by atoms with Gasteiger partial charge in [0.1, 0.15) is 5.75 Å². The fraction of sp³-hybridized carbons (Fsp3) is 0.462. The van der Waals surface area contributed by atoms with Gasteiger partial charge in [0.15, 0.2) is 0 Å². The molecule has 104 valence electrons. The van der Waals surface area contributed by atoms with Crippen molar-refractivity contribution in [2.75, 3.05) is 11.9 Å². The molecule has 1 aliphatic heterocycles. The molecule has 0 saturated carbocycles. The van der Waals surface area contributed by atoms with E-state index in [1.54, 1.807) is 0 Å². The van der Waals surface area contributed by atoms with Crippen molar-refractivity contribution in [2.45, 2.75) is 31.9 Å². The normalized spacial score (nSPS) is 22.5. The Balaban J connectivity index is 1.97. The molecule has 4 nitrogen and oxygen atoms in total. The first-order valence-electron chi connectivity index (χ1n) is 6.11. The summed E-state index contributed by atoms with van der Waals surface area (Å²) in [5, 5.41) is 5.91. The summed E-state index contributed by atoms with van der Waals surface area (Å²) < 4.78 is 28.2. The number of benzene rings is 1. The molecule has 1 unspecified atom stereocenters. The smallest absolute Gasteiger partial charge is 0.387 e. The van der Waals surface area contributed by atoms with Gasteiger partial charge in [0.05, 0.1) is 5.54 Å². The molecule has 2 rings (SSSR count). The molecule has 0 aromatic heterocycles. The van der Waals surface area contributed by atoms with E-state index in [0.717, 1.165) is 19.4 Å². The van der Waals surface area contributed by atoms with Gasteiger partial charge in [0.2, 0.25) is 5.91 Å². The average molecular weight is 270 g/mol. The number of halogens is 2. The van der Waals surface area contributed by atoms with Crippen LogP contribution in [0.2, 0.25) is 0 Å². The maximum absolute atomic E-state index is 12.1. The summed E-state index contributed by atoms with van der Waals surface area (Å²) in [6.45, 7) is -0.170. The van der Waals surface area contributed by atoms with Crippen LogP contribution in [0.4, 0.5) is 14.5 Å². The van der Waals surface area contributed by atoms with Crippen LogP contribution in [-0.4, -0.2) is 24.6 Å². The van der Waals surface area contributed by atoms with Gasteiger partial charge < -0.3 is 15.4 Å². The van der Waals surface area contributed by atoms with Crippen molar-refractivity contribution in [1.82, 2.24) is 5.32 Å². The summed E-state index contributed by atoms with van der Waals surface area (Å²) in [6, 6.07) is 5.86. The van der Waals surface area contributed by atoms with Crippen molar-refractivity contribution in [2.24, 2.45) is 0 Å². The Morgan fingerprint density at radius 2 is 2.11 bits per heavy atom. The van der Waals surface area contributed by atoms with E-state index in [0.29, 0.717) is 5.69 Å². The summed E-state index contributed by atoms with van der Waals surface area (Å²) in [5.41, 5.74) is -0.000414. The van der Waals surface area contributed by atoms with E-state index in [-0.39, 0.29) is 11.7 Å². The summed E-state index contributed by atoms with van der Waals surface area (Å²) in [7, 11) is 0. The molecule has 2 N–H and O–H groups in total. The van der Waals surface area contributed by atoms with Gasteiger partial charge in [0.25, 0.3) is 0 Å². The van der Waals surface area contributed by atoms with Crippen LogP contribution in [0.3, 0.4) is 0 Å². The van der Waals surface area contributed by atoms with E-state index in [1.165, 1.54) is 24.3 Å². The lowest BCUT2D eigenvalue weighted by Crippen LogP contribution is -2.47. The van der Waals surface area contributed by atoms with Crippen LogP contribution in [0.1, 0.15) is 19.8 Å². The molecule has 0 bridgehead atoms. The molecule has 1 aliphatic rings. The van der Waals surface area contributed by atoms with E-state index in [2.05, 4.69) is 15.4 Å². The first kappa shape index (κ1) is 13.7. The lowest BCUT2D eigenvalue weighted by atomic mass is 9.99. The molecular formula is C13H16F2N2O2. The Morgan fingerprint density at radius 1 is 1.42 bits per heavy atom. The zero-order chi connectivity index (χ0) is 13.9. The predicted molar refractivity (Wildman–Crippen MR) is 67.3 cm³/mol. The van der Waals surface area contributed by atoms with Crippen molar-refractivity contribution in [3.63, 3.8) is 0 Å². The molecule has 6 heteroatoms. The number of alkyl halides is 2. The van der Waals surface area contributed by atoms with Gasteiger partial charge in [-0.05, 0) is 50.6 Å². The largest absolute Gasteiger partial charge is 0.435 e. The number of ether oxygens (including phenoxy) is 1. The second kappa shape index (κ2) is 5.52. The Kier molecular flexibility index (Phi) is 3.99. The standard InChI is InChI=1S/C13H16F2N2O2/c1-13(7-2-8-16-13)11(18)17-9-3-5-10(6-4-9)19-12(14)15/h3-6,12,16H,2,7-8H2,1H3,(H,17,18). The lowest BCUT2D eigenvalue weighted by Gasteiger charge is -2.23. The van der Waals surface area contributed by atoms with Gasteiger partial charge in [-0.3, -0.25) is 4.79 Å². The Labute approximate surface area is 110 Å². The van der Waals surface area contributed by atoms with Crippen LogP contribution in [0.25, 0.3) is 0 Å².